The Morgan fingerprint density at radius 2 is 1.96 bits per heavy atom. The van der Waals surface area contributed by atoms with Gasteiger partial charge in [0, 0.05) is 5.02 Å². The molecule has 0 radical (unpaired) electrons. The number of halogens is 2. The van der Waals surface area contributed by atoms with Crippen LogP contribution in [-0.2, 0) is 14.3 Å². The number of hydrogen-bond acceptors (Lipinski definition) is 5. The summed E-state index contributed by atoms with van der Waals surface area (Å²) in [5.74, 6) is -1.17. The van der Waals surface area contributed by atoms with Crippen molar-refractivity contribution >= 4 is 35.1 Å². The van der Waals surface area contributed by atoms with Gasteiger partial charge in [-0.05, 0) is 62.0 Å². The van der Waals surface area contributed by atoms with E-state index < -0.39 is 18.0 Å². The minimum Gasteiger partial charge on any atom is -0.545 e. The summed E-state index contributed by atoms with van der Waals surface area (Å²) in [5, 5.41) is 11.1. The minimum absolute atomic E-state index is 0. The van der Waals surface area contributed by atoms with Crippen LogP contribution in [0.1, 0.15) is 33.1 Å². The van der Waals surface area contributed by atoms with Crippen molar-refractivity contribution in [3.05, 3.63) is 52.5 Å². The van der Waals surface area contributed by atoms with Gasteiger partial charge in [-0.25, -0.2) is 4.79 Å². The van der Waals surface area contributed by atoms with Crippen LogP contribution in [0.2, 0.25) is 10.0 Å². The maximum atomic E-state index is 12.1. The first-order valence-electron chi connectivity index (χ1n) is 8.49. The molecule has 0 aliphatic carbocycles. The SMILES string of the molecule is C=C(C)C(CCC(C)C/C=C/C(=O)[O-])OC(=O)COc1ccc(Cl)cc1Cl.[NH4+]. The topological polar surface area (TPSA) is 112 Å². The fraction of sp³-hybridized carbons (Fsp3) is 0.400. The van der Waals surface area contributed by atoms with E-state index in [2.05, 4.69) is 6.58 Å². The third kappa shape index (κ3) is 10.3. The zero-order valence-electron chi connectivity index (χ0n) is 16.4. The quantitative estimate of drug-likeness (QED) is 0.317. The highest BCUT2D eigenvalue weighted by molar-refractivity contribution is 6.35. The Hall–Kier alpha value is -2.02. The second kappa shape index (κ2) is 13.2. The molecule has 8 heteroatoms. The first-order chi connectivity index (χ1) is 12.7. The van der Waals surface area contributed by atoms with Crippen molar-refractivity contribution in [2.45, 2.75) is 39.2 Å². The number of carbonyl (C=O) groups excluding carboxylic acids is 2. The van der Waals surface area contributed by atoms with E-state index in [1.807, 2.05) is 6.92 Å². The molecular formula is C20H27Cl2NO5. The smallest absolute Gasteiger partial charge is 0.344 e. The number of esters is 1. The van der Waals surface area contributed by atoms with Crippen molar-refractivity contribution in [1.29, 1.82) is 0 Å². The number of carboxylic acid groups (broad SMARTS) is 1. The van der Waals surface area contributed by atoms with Crippen molar-refractivity contribution in [2.75, 3.05) is 6.61 Å². The molecule has 0 aromatic heterocycles. The van der Waals surface area contributed by atoms with Crippen LogP contribution in [-0.4, -0.2) is 24.6 Å². The second-order valence-electron chi connectivity index (χ2n) is 6.33. The Kier molecular flexibility index (Phi) is 12.3. The molecule has 4 N–H and O–H groups in total. The predicted molar refractivity (Wildman–Crippen MR) is 110 cm³/mol. The highest BCUT2D eigenvalue weighted by Gasteiger charge is 2.17. The van der Waals surface area contributed by atoms with Gasteiger partial charge in [-0.1, -0.05) is 42.8 Å². The van der Waals surface area contributed by atoms with Crippen LogP contribution in [0.4, 0.5) is 0 Å². The zero-order valence-corrected chi connectivity index (χ0v) is 17.9. The summed E-state index contributed by atoms with van der Waals surface area (Å²) in [5.41, 5.74) is 0.727. The molecule has 0 amide bonds. The van der Waals surface area contributed by atoms with Crippen molar-refractivity contribution in [3.63, 3.8) is 0 Å². The van der Waals surface area contributed by atoms with Gasteiger partial charge in [-0.3, -0.25) is 0 Å². The number of benzene rings is 1. The lowest BCUT2D eigenvalue weighted by atomic mass is 9.97. The molecule has 0 aliphatic heterocycles. The molecule has 156 valence electrons. The second-order valence-corrected chi connectivity index (χ2v) is 7.17. The number of hydrogen-bond donors (Lipinski definition) is 1. The van der Waals surface area contributed by atoms with Crippen molar-refractivity contribution in [3.8, 4) is 5.75 Å². The van der Waals surface area contributed by atoms with E-state index in [9.17, 15) is 14.7 Å². The zero-order chi connectivity index (χ0) is 20.4. The van der Waals surface area contributed by atoms with Crippen LogP contribution >= 0.6 is 23.2 Å². The third-order valence-electron chi connectivity index (χ3n) is 3.78. The molecule has 2 unspecified atom stereocenters. The molecule has 0 fully saturated rings. The molecule has 2 atom stereocenters. The van der Waals surface area contributed by atoms with Gasteiger partial charge < -0.3 is 25.5 Å². The highest BCUT2D eigenvalue weighted by Crippen LogP contribution is 2.27. The highest BCUT2D eigenvalue weighted by atomic mass is 35.5. The first kappa shape index (κ1) is 26.0. The van der Waals surface area contributed by atoms with E-state index in [1.54, 1.807) is 25.1 Å². The number of carboxylic acids is 1. The Morgan fingerprint density at radius 3 is 2.54 bits per heavy atom. The molecule has 0 spiro atoms. The lowest BCUT2D eigenvalue weighted by molar-refractivity contribution is -0.297. The van der Waals surface area contributed by atoms with Gasteiger partial charge in [-0.15, -0.1) is 0 Å². The number of aliphatic carboxylic acids is 1. The van der Waals surface area contributed by atoms with Crippen LogP contribution in [0.25, 0.3) is 0 Å². The molecule has 1 aromatic rings. The Balaban J connectivity index is 0.00000729. The van der Waals surface area contributed by atoms with Crippen molar-refractivity contribution < 1.29 is 24.2 Å². The van der Waals surface area contributed by atoms with Crippen LogP contribution in [0, 0.1) is 5.92 Å². The Labute approximate surface area is 175 Å². The normalized spacial score (nSPS) is 12.7. The average molecular weight is 432 g/mol. The fourth-order valence-corrected chi connectivity index (χ4v) is 2.74. The average Bonchev–Trinajstić information content (AvgIpc) is 2.57. The van der Waals surface area contributed by atoms with Gasteiger partial charge in [0.05, 0.1) is 11.0 Å². The maximum absolute atomic E-state index is 12.1. The van der Waals surface area contributed by atoms with Gasteiger partial charge in [0.2, 0.25) is 0 Å². The van der Waals surface area contributed by atoms with E-state index in [4.69, 9.17) is 32.7 Å². The monoisotopic (exact) mass is 431 g/mol. The Morgan fingerprint density at radius 1 is 1.29 bits per heavy atom. The lowest BCUT2D eigenvalue weighted by Gasteiger charge is -2.20. The Bertz CT molecular complexity index is 706. The van der Waals surface area contributed by atoms with Crippen LogP contribution < -0.4 is 16.0 Å². The molecular weight excluding hydrogens is 405 g/mol. The fourth-order valence-electron chi connectivity index (χ4n) is 2.28. The standard InChI is InChI=1S/C20H24Cl2O5.H3N/c1-13(2)17(9-7-14(3)5-4-6-19(23)24)27-20(25)12-26-18-10-8-15(21)11-16(18)22;/h4,6,8,10-11,14,17H,1,5,7,9,12H2,2-3H3,(H,23,24);1H3/b6-4+;. The van der Waals surface area contributed by atoms with Crippen LogP contribution in [0.3, 0.4) is 0 Å². The molecule has 0 aliphatic rings. The number of quaternary nitrogens is 1. The van der Waals surface area contributed by atoms with E-state index in [1.165, 1.54) is 6.07 Å². The molecule has 0 saturated carbocycles. The first-order valence-corrected chi connectivity index (χ1v) is 9.25. The molecule has 1 rings (SSSR count). The summed E-state index contributed by atoms with van der Waals surface area (Å²) in [4.78, 5) is 22.4. The van der Waals surface area contributed by atoms with Crippen molar-refractivity contribution in [1.82, 2.24) is 6.15 Å². The summed E-state index contributed by atoms with van der Waals surface area (Å²) >= 11 is 11.8. The maximum Gasteiger partial charge on any atom is 0.344 e. The van der Waals surface area contributed by atoms with E-state index in [0.29, 0.717) is 28.6 Å². The number of carbonyl (C=O) groups is 2. The predicted octanol–water partition coefficient (Wildman–Crippen LogP) is 4.35. The van der Waals surface area contributed by atoms with Crippen molar-refractivity contribution in [2.24, 2.45) is 5.92 Å². The van der Waals surface area contributed by atoms with Gasteiger partial charge in [0.25, 0.3) is 0 Å². The van der Waals surface area contributed by atoms with E-state index in [0.717, 1.165) is 18.1 Å². The molecule has 0 bridgehead atoms. The third-order valence-corrected chi connectivity index (χ3v) is 4.31. The summed E-state index contributed by atoms with van der Waals surface area (Å²) < 4.78 is 10.8. The van der Waals surface area contributed by atoms with Gasteiger partial charge >= 0.3 is 5.97 Å². The number of rotatable bonds is 11. The summed E-state index contributed by atoms with van der Waals surface area (Å²) in [6.07, 6.45) is 4.07. The van der Waals surface area contributed by atoms with Gasteiger partial charge in [0.1, 0.15) is 11.9 Å². The number of ether oxygens (including phenoxy) is 2. The van der Waals surface area contributed by atoms with E-state index >= 15 is 0 Å². The van der Waals surface area contributed by atoms with Gasteiger partial charge in [-0.2, -0.15) is 0 Å². The van der Waals surface area contributed by atoms with E-state index in [-0.39, 0.29) is 18.7 Å². The van der Waals surface area contributed by atoms with Gasteiger partial charge in [0.15, 0.2) is 6.61 Å². The summed E-state index contributed by atoms with van der Waals surface area (Å²) in [6, 6.07) is 4.72. The number of allylic oxidation sites excluding steroid dienone is 1. The largest absolute Gasteiger partial charge is 0.545 e. The van der Waals surface area contributed by atoms with Crippen LogP contribution in [0.15, 0.2) is 42.5 Å². The summed E-state index contributed by atoms with van der Waals surface area (Å²) in [6.45, 7) is 7.35. The molecule has 6 nitrogen and oxygen atoms in total. The lowest BCUT2D eigenvalue weighted by Crippen LogP contribution is -2.24. The molecule has 0 heterocycles. The molecule has 28 heavy (non-hydrogen) atoms. The minimum atomic E-state index is -1.21. The molecule has 1 aromatic carbocycles. The molecule has 0 saturated heterocycles. The van der Waals surface area contributed by atoms with Crippen LogP contribution in [0.5, 0.6) is 5.75 Å². The summed E-state index contributed by atoms with van der Waals surface area (Å²) in [7, 11) is 0.